The first-order chi connectivity index (χ1) is 14.3. The van der Waals surface area contributed by atoms with Crippen LogP contribution in [0.5, 0.6) is 5.75 Å². The number of hydrogen-bond donors (Lipinski definition) is 0. The Labute approximate surface area is 188 Å². The summed E-state index contributed by atoms with van der Waals surface area (Å²) in [6, 6.07) is 1.92. The highest BCUT2D eigenvalue weighted by Gasteiger charge is 2.71. The predicted octanol–water partition coefficient (Wildman–Crippen LogP) is 3.57. The molecule has 1 aromatic carbocycles. The highest BCUT2D eigenvalue weighted by atomic mass is 127. The molecule has 184 valence electrons. The Morgan fingerprint density at radius 3 is 2.03 bits per heavy atom. The summed E-state index contributed by atoms with van der Waals surface area (Å²) in [7, 11) is -6.16. The summed E-state index contributed by atoms with van der Waals surface area (Å²) >= 11 is 1.29. The van der Waals surface area contributed by atoms with Crippen LogP contribution in [0.15, 0.2) is 22.6 Å². The smallest absolute Gasteiger partial charge is 0.518 e. The third-order valence-corrected chi connectivity index (χ3v) is 5.32. The van der Waals surface area contributed by atoms with Gasteiger partial charge in [-0.25, -0.2) is 0 Å². The van der Waals surface area contributed by atoms with E-state index in [1.165, 1.54) is 29.5 Å². The molecule has 1 rings (SSSR count). The van der Waals surface area contributed by atoms with Crippen LogP contribution in [0.1, 0.15) is 12.5 Å². The molecule has 0 aliphatic rings. The monoisotopic (exact) mass is 616 g/mol. The third kappa shape index (κ3) is 6.30. The molecular formula is C15H12F9INO5S-. The normalized spacial score (nSPS) is 14.5. The number of ether oxygens (including phenoxy) is 2. The van der Waals surface area contributed by atoms with Gasteiger partial charge in [0.25, 0.3) is 0 Å². The molecule has 0 radical (unpaired) electrons. The first kappa shape index (κ1) is 28.5. The van der Waals surface area contributed by atoms with Crippen molar-refractivity contribution in [2.45, 2.75) is 30.2 Å². The van der Waals surface area contributed by atoms with Crippen LogP contribution in [0, 0.1) is 3.57 Å². The van der Waals surface area contributed by atoms with E-state index in [-0.39, 0.29) is 3.57 Å². The Balaban J connectivity index is 3.07. The van der Waals surface area contributed by atoms with Gasteiger partial charge in [-0.05, 0) is 47.2 Å². The molecule has 0 aromatic heterocycles. The van der Waals surface area contributed by atoms with Crippen LogP contribution in [0.25, 0.3) is 0 Å². The van der Waals surface area contributed by atoms with E-state index in [0.29, 0.717) is 18.2 Å². The highest BCUT2D eigenvalue weighted by Crippen LogP contribution is 2.46. The second kappa shape index (κ2) is 9.78. The lowest BCUT2D eigenvalue weighted by atomic mass is 10.1. The largest absolute Gasteiger partial charge is 0.858 e. The molecule has 0 saturated carbocycles. The van der Waals surface area contributed by atoms with Gasteiger partial charge in [-0.1, -0.05) is 6.07 Å². The van der Waals surface area contributed by atoms with Gasteiger partial charge in [0.15, 0.2) is 6.61 Å². The van der Waals surface area contributed by atoms with Crippen molar-refractivity contribution in [1.29, 1.82) is 0 Å². The summed E-state index contributed by atoms with van der Waals surface area (Å²) < 4.78 is 151. The molecule has 0 fully saturated rings. The average molecular weight is 616 g/mol. The highest BCUT2D eigenvalue weighted by molar-refractivity contribution is 14.1. The van der Waals surface area contributed by atoms with Crippen LogP contribution < -0.4 is 9.84 Å². The van der Waals surface area contributed by atoms with Gasteiger partial charge in [0.05, 0.1) is 3.57 Å². The van der Waals surface area contributed by atoms with E-state index in [0.717, 1.165) is 0 Å². The number of rotatable bonds is 10. The minimum absolute atomic E-state index is 0.326. The maximum Gasteiger partial charge on any atom is 0.518 e. The van der Waals surface area contributed by atoms with E-state index < -0.39 is 70.3 Å². The maximum absolute atomic E-state index is 13.8. The molecule has 0 N–H and O–H groups in total. The first-order valence-electron chi connectivity index (χ1n) is 8.01. The number of alkyl halides is 9. The number of hydrogen-bond acceptors (Lipinski definition) is 5. The zero-order valence-corrected chi connectivity index (χ0v) is 18.5. The lowest BCUT2D eigenvalue weighted by Gasteiger charge is -2.32. The molecule has 0 bridgehead atoms. The van der Waals surface area contributed by atoms with Gasteiger partial charge in [-0.3, -0.25) is 0 Å². The van der Waals surface area contributed by atoms with Gasteiger partial charge < -0.3 is 14.6 Å². The average Bonchev–Trinajstić information content (AvgIpc) is 2.63. The summed E-state index contributed by atoms with van der Waals surface area (Å²) in [6.45, 7) is -3.48. The zero-order valence-electron chi connectivity index (χ0n) is 15.5. The van der Waals surface area contributed by atoms with E-state index in [1.54, 1.807) is 0 Å². The molecule has 0 spiro atoms. The number of benzene rings is 1. The van der Waals surface area contributed by atoms with Crippen molar-refractivity contribution in [2.24, 2.45) is 4.40 Å². The van der Waals surface area contributed by atoms with Crippen molar-refractivity contribution in [2.75, 3.05) is 19.8 Å². The van der Waals surface area contributed by atoms with Crippen molar-refractivity contribution in [1.82, 2.24) is 0 Å². The molecular weight excluding hydrogens is 604 g/mol. The molecule has 0 heterocycles. The quantitative estimate of drug-likeness (QED) is 0.174. The molecule has 1 aromatic rings. The Bertz CT molecular complexity index is 951. The third-order valence-electron chi connectivity index (χ3n) is 3.49. The van der Waals surface area contributed by atoms with Crippen LogP contribution in [0.4, 0.5) is 39.5 Å². The molecule has 0 amide bonds. The SMILES string of the molecule is CCOCC(F)(F)C(F)(F)C(F)(F)COc1ccc(/C([O-])=N/S(=O)(=O)C(F)(F)F)cc1I. The van der Waals surface area contributed by atoms with Crippen molar-refractivity contribution in [3.8, 4) is 5.75 Å². The first-order valence-corrected chi connectivity index (χ1v) is 10.5. The Morgan fingerprint density at radius 2 is 1.56 bits per heavy atom. The van der Waals surface area contributed by atoms with Crippen molar-refractivity contribution >= 4 is 38.5 Å². The maximum atomic E-state index is 13.8. The van der Waals surface area contributed by atoms with Crippen LogP contribution in [-0.2, 0) is 14.8 Å². The molecule has 0 aliphatic carbocycles. The molecule has 6 nitrogen and oxygen atoms in total. The molecule has 0 saturated heterocycles. The van der Waals surface area contributed by atoms with Gasteiger partial charge in [0.2, 0.25) is 0 Å². The molecule has 17 heteroatoms. The fourth-order valence-corrected chi connectivity index (χ4v) is 2.91. The minimum Gasteiger partial charge on any atom is -0.858 e. The molecule has 0 aliphatic heterocycles. The molecule has 0 atom stereocenters. The second-order valence-corrected chi connectivity index (χ2v) is 8.63. The van der Waals surface area contributed by atoms with Gasteiger partial charge in [-0.2, -0.15) is 52.3 Å². The van der Waals surface area contributed by atoms with Crippen LogP contribution in [0.2, 0.25) is 0 Å². The van der Waals surface area contributed by atoms with E-state index in [9.17, 15) is 53.0 Å². The number of sulfonamides is 1. The fourth-order valence-electron chi connectivity index (χ4n) is 1.81. The molecule has 0 unspecified atom stereocenters. The second-order valence-electron chi connectivity index (χ2n) is 5.87. The van der Waals surface area contributed by atoms with Gasteiger partial charge in [0.1, 0.15) is 12.4 Å². The summed E-state index contributed by atoms with van der Waals surface area (Å²) in [5.41, 5.74) is -6.59. The summed E-state index contributed by atoms with van der Waals surface area (Å²) in [5, 5.41) is 11.6. The van der Waals surface area contributed by atoms with Crippen LogP contribution >= 0.6 is 22.6 Å². The number of nitrogens with zero attached hydrogens (tertiary/aromatic N) is 1. The summed E-state index contributed by atoms with van der Waals surface area (Å²) in [5.74, 6) is -19.0. The van der Waals surface area contributed by atoms with Gasteiger partial charge >= 0.3 is 33.3 Å². The standard InChI is InChI=1S/C15H13F9INO5S/c1-2-30-6-12(16,17)14(20,21)13(18,19)7-31-10-4-3-8(5-9(10)25)11(27)26-32(28,29)15(22,23)24/h3-5H,2,6-7H2,1H3,(H,26,27)/p-1. The fraction of sp³-hybridized carbons (Fsp3) is 0.533. The van der Waals surface area contributed by atoms with Crippen molar-refractivity contribution < 1.29 is 62.5 Å². The van der Waals surface area contributed by atoms with Crippen LogP contribution in [0.3, 0.4) is 0 Å². The molecule has 32 heavy (non-hydrogen) atoms. The zero-order chi connectivity index (χ0) is 25.2. The van der Waals surface area contributed by atoms with Crippen molar-refractivity contribution in [3.63, 3.8) is 0 Å². The summed E-state index contributed by atoms with van der Waals surface area (Å²) in [6.07, 6.45) is 0. The van der Waals surface area contributed by atoms with E-state index in [1.807, 2.05) is 4.40 Å². The van der Waals surface area contributed by atoms with Gasteiger partial charge in [-0.15, -0.1) is 0 Å². The topological polar surface area (TPSA) is 88.0 Å². The Hall–Kier alpha value is -1.50. The van der Waals surface area contributed by atoms with E-state index >= 15 is 0 Å². The lowest BCUT2D eigenvalue weighted by molar-refractivity contribution is -0.324. The van der Waals surface area contributed by atoms with E-state index in [2.05, 4.69) is 9.47 Å². The summed E-state index contributed by atoms with van der Waals surface area (Å²) in [4.78, 5) is 0. The van der Waals surface area contributed by atoms with E-state index in [4.69, 9.17) is 0 Å². The van der Waals surface area contributed by atoms with Crippen molar-refractivity contribution in [3.05, 3.63) is 27.3 Å². The van der Waals surface area contributed by atoms with Gasteiger partial charge in [0, 0.05) is 12.5 Å². The predicted molar refractivity (Wildman–Crippen MR) is 97.5 cm³/mol. The Kier molecular flexibility index (Phi) is 8.72. The number of halogens is 10. The Morgan fingerprint density at radius 1 is 1.03 bits per heavy atom. The van der Waals surface area contributed by atoms with Crippen LogP contribution in [-0.4, -0.2) is 57.4 Å². The minimum atomic E-state index is -6.16. The lowest BCUT2D eigenvalue weighted by Crippen LogP contribution is -2.58.